The zero-order valence-corrected chi connectivity index (χ0v) is 16.9. The smallest absolute Gasteiger partial charge is 0.160 e. The van der Waals surface area contributed by atoms with Crippen molar-refractivity contribution in [2.24, 2.45) is 5.92 Å². The second-order valence-electron chi connectivity index (χ2n) is 5.67. The highest BCUT2D eigenvalue weighted by atomic mass is 33.1. The Kier molecular flexibility index (Phi) is 18.5. The van der Waals surface area contributed by atoms with E-state index in [4.69, 9.17) is 9.47 Å². The van der Waals surface area contributed by atoms with Gasteiger partial charge in [-0.1, -0.05) is 67.5 Å². The number of ether oxygens (including phenoxy) is 2. The summed E-state index contributed by atoms with van der Waals surface area (Å²) in [6.07, 6.45) is 10.4. The lowest BCUT2D eigenvalue weighted by Crippen LogP contribution is -2.28. The van der Waals surface area contributed by atoms with Crippen molar-refractivity contribution in [1.29, 1.82) is 0 Å². The van der Waals surface area contributed by atoms with E-state index in [1.165, 1.54) is 62.9 Å². The van der Waals surface area contributed by atoms with Crippen LogP contribution in [0, 0.1) is 5.92 Å². The van der Waals surface area contributed by atoms with Gasteiger partial charge in [0.2, 0.25) is 0 Å². The van der Waals surface area contributed by atoms with Gasteiger partial charge in [-0.05, 0) is 33.1 Å². The Morgan fingerprint density at radius 2 is 1.32 bits per heavy atom. The van der Waals surface area contributed by atoms with E-state index in [1.54, 1.807) is 0 Å². The van der Waals surface area contributed by atoms with E-state index in [-0.39, 0.29) is 6.29 Å². The third-order valence-electron chi connectivity index (χ3n) is 3.67. The molecular formula is C18H38O2S2. The third kappa shape index (κ3) is 13.1. The molecular weight excluding hydrogens is 312 g/mol. The molecule has 0 fully saturated rings. The van der Waals surface area contributed by atoms with Crippen LogP contribution in [0.2, 0.25) is 0 Å². The molecule has 0 saturated heterocycles. The first-order valence-electron chi connectivity index (χ1n) is 9.27. The highest BCUT2D eigenvalue weighted by Crippen LogP contribution is 2.28. The van der Waals surface area contributed by atoms with Crippen molar-refractivity contribution < 1.29 is 9.47 Å². The van der Waals surface area contributed by atoms with Crippen LogP contribution in [-0.2, 0) is 9.47 Å². The highest BCUT2D eigenvalue weighted by molar-refractivity contribution is 8.76. The van der Waals surface area contributed by atoms with Gasteiger partial charge in [0.1, 0.15) is 0 Å². The minimum Gasteiger partial charge on any atom is -0.353 e. The summed E-state index contributed by atoms with van der Waals surface area (Å²) < 4.78 is 11.7. The lowest BCUT2D eigenvalue weighted by atomic mass is 9.97. The molecule has 1 unspecified atom stereocenters. The number of hydrogen-bond acceptors (Lipinski definition) is 4. The quantitative estimate of drug-likeness (QED) is 0.168. The first-order valence-corrected chi connectivity index (χ1v) is 11.8. The monoisotopic (exact) mass is 350 g/mol. The van der Waals surface area contributed by atoms with Crippen LogP contribution in [0.5, 0.6) is 0 Å². The molecule has 0 aromatic heterocycles. The van der Waals surface area contributed by atoms with E-state index < -0.39 is 0 Å². The second-order valence-corrected chi connectivity index (χ2v) is 8.38. The molecule has 4 heteroatoms. The van der Waals surface area contributed by atoms with Crippen molar-refractivity contribution >= 4 is 21.6 Å². The molecule has 0 aliphatic carbocycles. The Balaban J connectivity index is 4.14. The molecule has 0 amide bonds. The minimum atomic E-state index is -0.00190. The summed E-state index contributed by atoms with van der Waals surface area (Å²) in [5, 5.41) is 0. The van der Waals surface area contributed by atoms with Crippen molar-refractivity contribution in [3.8, 4) is 0 Å². The molecule has 0 aliphatic heterocycles. The second kappa shape index (κ2) is 18.0. The van der Waals surface area contributed by atoms with Gasteiger partial charge in [0, 0.05) is 30.6 Å². The Labute approximate surface area is 147 Å². The summed E-state index contributed by atoms with van der Waals surface area (Å²) >= 11 is 0. The van der Waals surface area contributed by atoms with E-state index >= 15 is 0 Å². The van der Waals surface area contributed by atoms with Gasteiger partial charge in [-0.2, -0.15) is 0 Å². The molecule has 0 N–H and O–H groups in total. The van der Waals surface area contributed by atoms with Crippen LogP contribution in [0.3, 0.4) is 0 Å². The molecule has 22 heavy (non-hydrogen) atoms. The molecule has 0 spiro atoms. The summed E-state index contributed by atoms with van der Waals surface area (Å²) in [6, 6.07) is 0. The van der Waals surface area contributed by atoms with Crippen LogP contribution in [0.25, 0.3) is 0 Å². The lowest BCUT2D eigenvalue weighted by Gasteiger charge is -2.26. The van der Waals surface area contributed by atoms with Crippen LogP contribution < -0.4 is 0 Å². The van der Waals surface area contributed by atoms with E-state index in [0.29, 0.717) is 5.92 Å². The first kappa shape index (κ1) is 22.6. The van der Waals surface area contributed by atoms with E-state index in [1.807, 2.05) is 21.6 Å². The van der Waals surface area contributed by atoms with Crippen molar-refractivity contribution in [1.82, 2.24) is 0 Å². The molecule has 0 bridgehead atoms. The molecule has 0 aliphatic rings. The highest BCUT2D eigenvalue weighted by Gasteiger charge is 2.21. The molecule has 0 rings (SSSR count). The summed E-state index contributed by atoms with van der Waals surface area (Å²) in [7, 11) is 4.02. The minimum absolute atomic E-state index is 0.00190. The molecule has 0 saturated carbocycles. The van der Waals surface area contributed by atoms with Gasteiger partial charge in [-0.3, -0.25) is 0 Å². The van der Waals surface area contributed by atoms with Gasteiger partial charge in [0.05, 0.1) is 0 Å². The van der Waals surface area contributed by atoms with Crippen molar-refractivity contribution in [3.05, 3.63) is 0 Å². The summed E-state index contributed by atoms with van der Waals surface area (Å²) in [5.41, 5.74) is 0. The van der Waals surface area contributed by atoms with Crippen molar-refractivity contribution in [3.63, 3.8) is 0 Å². The molecule has 1 atom stereocenters. The third-order valence-corrected chi connectivity index (χ3v) is 6.31. The van der Waals surface area contributed by atoms with Crippen molar-refractivity contribution in [2.45, 2.75) is 85.4 Å². The van der Waals surface area contributed by atoms with Crippen LogP contribution in [0.1, 0.15) is 79.1 Å². The van der Waals surface area contributed by atoms with Gasteiger partial charge in [0.15, 0.2) is 6.29 Å². The van der Waals surface area contributed by atoms with Gasteiger partial charge < -0.3 is 9.47 Å². The first-order chi connectivity index (χ1) is 10.8. The predicted molar refractivity (Wildman–Crippen MR) is 104 cm³/mol. The van der Waals surface area contributed by atoms with E-state index in [0.717, 1.165) is 13.2 Å². The Morgan fingerprint density at radius 3 is 1.91 bits per heavy atom. The Hall–Kier alpha value is 0.620. The van der Waals surface area contributed by atoms with Gasteiger partial charge in [0.25, 0.3) is 0 Å². The zero-order chi connectivity index (χ0) is 16.5. The summed E-state index contributed by atoms with van der Waals surface area (Å²) in [6.45, 7) is 10.1. The molecule has 0 heterocycles. The molecule has 134 valence electrons. The van der Waals surface area contributed by atoms with Crippen molar-refractivity contribution in [2.75, 3.05) is 24.7 Å². The fourth-order valence-corrected chi connectivity index (χ4v) is 4.77. The van der Waals surface area contributed by atoms with Crippen LogP contribution in [0.4, 0.5) is 0 Å². The molecule has 0 aromatic rings. The predicted octanol–water partition coefficient (Wildman–Crippen LogP) is 6.54. The maximum absolute atomic E-state index is 5.86. The maximum atomic E-state index is 5.86. The Morgan fingerprint density at radius 1 is 0.682 bits per heavy atom. The fourth-order valence-electron chi connectivity index (χ4n) is 2.48. The average Bonchev–Trinajstić information content (AvgIpc) is 2.52. The topological polar surface area (TPSA) is 18.5 Å². The zero-order valence-electron chi connectivity index (χ0n) is 15.3. The summed E-state index contributed by atoms with van der Waals surface area (Å²) in [4.78, 5) is 0. The van der Waals surface area contributed by atoms with Gasteiger partial charge in [-0.25, -0.2) is 0 Å². The number of rotatable bonds is 17. The van der Waals surface area contributed by atoms with Gasteiger partial charge in [-0.15, -0.1) is 0 Å². The lowest BCUT2D eigenvalue weighted by molar-refractivity contribution is -0.169. The molecule has 0 radical (unpaired) electrons. The normalized spacial score (nSPS) is 13.0. The number of unbranched alkanes of at least 4 members (excludes halogenated alkanes) is 4. The average molecular weight is 351 g/mol. The fraction of sp³-hybridized carbons (Fsp3) is 1.00. The molecule has 0 aromatic carbocycles. The standard InChI is InChI=1S/C18H38O2S2/c1-5-9-10-11-12-13-17(14-16-22-21-15-6-2)18(19-7-3)20-8-4/h17-18H,5-16H2,1-4H3. The van der Waals surface area contributed by atoms with E-state index in [2.05, 4.69) is 27.7 Å². The largest absolute Gasteiger partial charge is 0.353 e. The Bertz CT molecular complexity index is 195. The maximum Gasteiger partial charge on any atom is 0.160 e. The van der Waals surface area contributed by atoms with Crippen LogP contribution >= 0.6 is 21.6 Å². The SMILES string of the molecule is CCCCCCCC(CCSSCCC)C(OCC)OCC. The number of hydrogen-bond donors (Lipinski definition) is 0. The van der Waals surface area contributed by atoms with Crippen LogP contribution in [-0.4, -0.2) is 31.0 Å². The molecule has 2 nitrogen and oxygen atoms in total. The van der Waals surface area contributed by atoms with Crippen LogP contribution in [0.15, 0.2) is 0 Å². The summed E-state index contributed by atoms with van der Waals surface area (Å²) in [5.74, 6) is 3.02. The van der Waals surface area contributed by atoms with Gasteiger partial charge >= 0.3 is 0 Å². The van der Waals surface area contributed by atoms with E-state index in [9.17, 15) is 0 Å².